The highest BCUT2D eigenvalue weighted by Gasteiger charge is 2.25. The Hall–Kier alpha value is -0.510. The highest BCUT2D eigenvalue weighted by molar-refractivity contribution is 8.00. The molecule has 2 unspecified atom stereocenters. The molecule has 0 spiro atoms. The van der Waals surface area contributed by atoms with Crippen molar-refractivity contribution in [2.45, 2.75) is 43.1 Å². The second kappa shape index (κ2) is 5.89. The molecular weight excluding hydrogens is 230 g/mol. The number of benzene rings is 1. The van der Waals surface area contributed by atoms with Crippen LogP contribution >= 0.6 is 11.8 Å². The van der Waals surface area contributed by atoms with Crippen molar-refractivity contribution in [2.24, 2.45) is 0 Å². The Labute approximate surface area is 108 Å². The van der Waals surface area contributed by atoms with Gasteiger partial charge in [0.15, 0.2) is 0 Å². The molecule has 1 aromatic rings. The maximum Gasteiger partial charge on any atom is 0.0669 e. The normalized spacial score (nSPS) is 24.2. The third kappa shape index (κ3) is 3.24. The van der Waals surface area contributed by atoms with Gasteiger partial charge < -0.3 is 10.1 Å². The first-order valence-corrected chi connectivity index (χ1v) is 7.11. The zero-order valence-corrected chi connectivity index (χ0v) is 11.6. The van der Waals surface area contributed by atoms with Gasteiger partial charge in [0.1, 0.15) is 0 Å². The van der Waals surface area contributed by atoms with Crippen LogP contribution in [0.4, 0.5) is 0 Å². The number of rotatable bonds is 4. The van der Waals surface area contributed by atoms with Crippen molar-refractivity contribution in [1.82, 2.24) is 5.32 Å². The number of thioether (sulfide) groups is 1. The highest BCUT2D eigenvalue weighted by atomic mass is 32.2. The molecule has 1 fully saturated rings. The monoisotopic (exact) mass is 251 g/mol. The van der Waals surface area contributed by atoms with Gasteiger partial charge in [0.2, 0.25) is 0 Å². The molecule has 1 saturated heterocycles. The standard InChI is InChI=1S/C14H21NOS/c1-10-8-13(5-4-12(10)9-15-3)17-14-6-7-16-11(14)2/h4-5,8,11,14-15H,6-7,9H2,1-3H3. The molecule has 1 heterocycles. The van der Waals surface area contributed by atoms with E-state index in [2.05, 4.69) is 37.4 Å². The molecule has 0 amide bonds. The summed E-state index contributed by atoms with van der Waals surface area (Å²) in [5.74, 6) is 0. The Kier molecular flexibility index (Phi) is 4.48. The molecule has 1 aliphatic rings. The van der Waals surface area contributed by atoms with Crippen LogP contribution in [0.15, 0.2) is 23.1 Å². The Bertz CT molecular complexity index is 380. The Morgan fingerprint density at radius 1 is 1.47 bits per heavy atom. The minimum atomic E-state index is 0.386. The van der Waals surface area contributed by atoms with E-state index < -0.39 is 0 Å². The van der Waals surface area contributed by atoms with Crippen molar-refractivity contribution < 1.29 is 4.74 Å². The quantitative estimate of drug-likeness (QED) is 0.889. The molecule has 17 heavy (non-hydrogen) atoms. The van der Waals surface area contributed by atoms with E-state index in [1.165, 1.54) is 22.4 Å². The van der Waals surface area contributed by atoms with Crippen LogP contribution in [0.3, 0.4) is 0 Å². The Morgan fingerprint density at radius 2 is 2.29 bits per heavy atom. The fraction of sp³-hybridized carbons (Fsp3) is 0.571. The minimum Gasteiger partial charge on any atom is -0.377 e. The first-order valence-electron chi connectivity index (χ1n) is 6.23. The SMILES string of the molecule is CNCc1ccc(SC2CCOC2C)cc1C. The molecule has 0 saturated carbocycles. The summed E-state index contributed by atoms with van der Waals surface area (Å²) in [7, 11) is 1.99. The van der Waals surface area contributed by atoms with E-state index in [0.717, 1.165) is 13.2 Å². The van der Waals surface area contributed by atoms with E-state index >= 15 is 0 Å². The molecule has 1 N–H and O–H groups in total. The molecular formula is C14H21NOS. The van der Waals surface area contributed by atoms with Gasteiger partial charge >= 0.3 is 0 Å². The predicted octanol–water partition coefficient (Wildman–Crippen LogP) is 2.98. The van der Waals surface area contributed by atoms with Crippen molar-refractivity contribution in [3.05, 3.63) is 29.3 Å². The predicted molar refractivity (Wildman–Crippen MR) is 73.6 cm³/mol. The smallest absolute Gasteiger partial charge is 0.0669 e. The lowest BCUT2D eigenvalue weighted by Crippen LogP contribution is -2.13. The summed E-state index contributed by atoms with van der Waals surface area (Å²) in [5, 5.41) is 3.81. The van der Waals surface area contributed by atoms with Crippen molar-refractivity contribution in [1.29, 1.82) is 0 Å². The topological polar surface area (TPSA) is 21.3 Å². The molecule has 2 rings (SSSR count). The van der Waals surface area contributed by atoms with Crippen LogP contribution in [0.1, 0.15) is 24.5 Å². The van der Waals surface area contributed by atoms with Crippen LogP contribution in [0.2, 0.25) is 0 Å². The minimum absolute atomic E-state index is 0.386. The second-order valence-electron chi connectivity index (χ2n) is 4.64. The third-order valence-corrected chi connectivity index (χ3v) is 4.72. The molecule has 1 aliphatic heterocycles. The zero-order valence-electron chi connectivity index (χ0n) is 10.8. The molecule has 94 valence electrons. The van der Waals surface area contributed by atoms with Gasteiger partial charge in [-0.05, 0) is 50.6 Å². The van der Waals surface area contributed by atoms with Crippen molar-refractivity contribution in [3.63, 3.8) is 0 Å². The fourth-order valence-electron chi connectivity index (χ4n) is 2.17. The lowest BCUT2D eigenvalue weighted by molar-refractivity contribution is 0.127. The zero-order chi connectivity index (χ0) is 12.3. The molecule has 0 aromatic heterocycles. The van der Waals surface area contributed by atoms with Gasteiger partial charge in [0, 0.05) is 23.3 Å². The van der Waals surface area contributed by atoms with E-state index in [9.17, 15) is 0 Å². The average Bonchev–Trinajstić information content (AvgIpc) is 2.69. The second-order valence-corrected chi connectivity index (χ2v) is 5.95. The summed E-state index contributed by atoms with van der Waals surface area (Å²) in [6.07, 6.45) is 1.56. The van der Waals surface area contributed by atoms with Gasteiger partial charge in [-0.25, -0.2) is 0 Å². The Morgan fingerprint density at radius 3 is 2.88 bits per heavy atom. The molecule has 0 aliphatic carbocycles. The number of hydrogen-bond donors (Lipinski definition) is 1. The number of hydrogen-bond acceptors (Lipinski definition) is 3. The lowest BCUT2D eigenvalue weighted by Gasteiger charge is -2.14. The summed E-state index contributed by atoms with van der Waals surface area (Å²) in [6, 6.07) is 6.76. The van der Waals surface area contributed by atoms with Crippen LogP contribution in [0.25, 0.3) is 0 Å². The lowest BCUT2D eigenvalue weighted by atomic mass is 10.1. The Balaban J connectivity index is 2.04. The summed E-state index contributed by atoms with van der Waals surface area (Å²) < 4.78 is 5.60. The average molecular weight is 251 g/mol. The third-order valence-electron chi connectivity index (χ3n) is 3.28. The number of aryl methyl sites for hydroxylation is 1. The largest absolute Gasteiger partial charge is 0.377 e. The number of nitrogens with one attached hydrogen (secondary N) is 1. The molecule has 0 radical (unpaired) electrons. The molecule has 0 bridgehead atoms. The van der Waals surface area contributed by atoms with Crippen molar-refractivity contribution in [3.8, 4) is 0 Å². The van der Waals surface area contributed by atoms with Gasteiger partial charge in [0.05, 0.1) is 6.10 Å². The van der Waals surface area contributed by atoms with Gasteiger partial charge in [-0.2, -0.15) is 0 Å². The maximum absolute atomic E-state index is 5.60. The van der Waals surface area contributed by atoms with E-state index in [1.54, 1.807) is 0 Å². The van der Waals surface area contributed by atoms with Crippen molar-refractivity contribution >= 4 is 11.8 Å². The molecule has 2 nitrogen and oxygen atoms in total. The summed E-state index contributed by atoms with van der Waals surface area (Å²) in [4.78, 5) is 1.37. The van der Waals surface area contributed by atoms with Gasteiger partial charge in [0.25, 0.3) is 0 Å². The molecule has 3 heteroatoms. The highest BCUT2D eigenvalue weighted by Crippen LogP contribution is 2.33. The van der Waals surface area contributed by atoms with Crippen LogP contribution in [-0.4, -0.2) is 25.0 Å². The summed E-state index contributed by atoms with van der Waals surface area (Å²) >= 11 is 1.95. The fourth-order valence-corrected chi connectivity index (χ4v) is 3.40. The van der Waals surface area contributed by atoms with Crippen LogP contribution in [0.5, 0.6) is 0 Å². The van der Waals surface area contributed by atoms with Gasteiger partial charge in [-0.15, -0.1) is 11.8 Å². The van der Waals surface area contributed by atoms with E-state index in [0.29, 0.717) is 11.4 Å². The summed E-state index contributed by atoms with van der Waals surface area (Å²) in [6.45, 7) is 6.22. The maximum atomic E-state index is 5.60. The molecule has 1 aromatic carbocycles. The van der Waals surface area contributed by atoms with Crippen LogP contribution < -0.4 is 5.32 Å². The van der Waals surface area contributed by atoms with Gasteiger partial charge in [-0.1, -0.05) is 6.07 Å². The van der Waals surface area contributed by atoms with Gasteiger partial charge in [-0.3, -0.25) is 0 Å². The first kappa shape index (κ1) is 12.9. The van der Waals surface area contributed by atoms with E-state index in [1.807, 2.05) is 18.8 Å². The van der Waals surface area contributed by atoms with E-state index in [-0.39, 0.29) is 0 Å². The summed E-state index contributed by atoms with van der Waals surface area (Å²) in [5.41, 5.74) is 2.75. The van der Waals surface area contributed by atoms with Crippen LogP contribution in [0, 0.1) is 6.92 Å². The first-order chi connectivity index (χ1) is 8.20. The molecule has 2 atom stereocenters. The van der Waals surface area contributed by atoms with Crippen molar-refractivity contribution in [2.75, 3.05) is 13.7 Å². The van der Waals surface area contributed by atoms with Crippen LogP contribution in [-0.2, 0) is 11.3 Å². The van der Waals surface area contributed by atoms with E-state index in [4.69, 9.17) is 4.74 Å². The number of ether oxygens (including phenoxy) is 1.